The van der Waals surface area contributed by atoms with Crippen LogP contribution in [0.3, 0.4) is 0 Å². The van der Waals surface area contributed by atoms with E-state index in [9.17, 15) is 14.3 Å². The van der Waals surface area contributed by atoms with Crippen LogP contribution in [-0.2, 0) is 33.0 Å². The number of nitrogens with one attached hydrogen (secondary N) is 1. The molecule has 3 heterocycles. The van der Waals surface area contributed by atoms with Gasteiger partial charge in [-0.15, -0.1) is 0 Å². The summed E-state index contributed by atoms with van der Waals surface area (Å²) < 4.78 is 23.7. The van der Waals surface area contributed by atoms with E-state index in [1.165, 1.54) is 12.1 Å². The highest BCUT2D eigenvalue weighted by molar-refractivity contribution is 6.35. The Morgan fingerprint density at radius 2 is 2.00 bits per heavy atom. The summed E-state index contributed by atoms with van der Waals surface area (Å²) in [5, 5.41) is 21.9. The molecule has 5 aromatic rings. The number of aryl methyl sites for hydroxylation is 3. The summed E-state index contributed by atoms with van der Waals surface area (Å²) in [7, 11) is 1.94. The van der Waals surface area contributed by atoms with Gasteiger partial charge in [0.05, 0.1) is 22.8 Å². The molecule has 9 heteroatoms. The summed E-state index contributed by atoms with van der Waals surface area (Å²) >= 11 is 6.93. The third-order valence-electron chi connectivity index (χ3n) is 7.96. The van der Waals surface area contributed by atoms with E-state index in [1.54, 1.807) is 6.07 Å². The average molecular weight is 575 g/mol. The lowest BCUT2D eigenvalue weighted by molar-refractivity contribution is 0.0684. The van der Waals surface area contributed by atoms with Crippen LogP contribution in [0.15, 0.2) is 48.5 Å². The van der Waals surface area contributed by atoms with Gasteiger partial charge in [-0.1, -0.05) is 36.7 Å². The Morgan fingerprint density at radius 1 is 1.17 bits per heavy atom. The van der Waals surface area contributed by atoms with Gasteiger partial charge in [0.15, 0.2) is 0 Å². The molecule has 0 saturated heterocycles. The molecule has 6 rings (SSSR count). The summed E-state index contributed by atoms with van der Waals surface area (Å²) in [4.78, 5) is 12.8. The smallest absolute Gasteiger partial charge is 0.352 e. The number of carboxylic acid groups (broad SMARTS) is 1. The van der Waals surface area contributed by atoms with E-state index in [1.807, 2.05) is 46.6 Å². The molecule has 1 aliphatic rings. The molecule has 0 bridgehead atoms. The Bertz CT molecular complexity index is 1790. The number of aromatic nitrogens is 3. The number of fused-ring (bicyclic) bond motifs is 3. The monoisotopic (exact) mass is 574 g/mol. The lowest BCUT2D eigenvalue weighted by atomic mass is 9.97. The predicted molar refractivity (Wildman–Crippen MR) is 160 cm³/mol. The van der Waals surface area contributed by atoms with Crippen LogP contribution in [0.4, 0.5) is 4.39 Å². The van der Waals surface area contributed by atoms with E-state index in [2.05, 4.69) is 12.2 Å². The molecule has 7 nitrogen and oxygen atoms in total. The summed E-state index contributed by atoms with van der Waals surface area (Å²) in [5.74, 6) is -0.565. The van der Waals surface area contributed by atoms with E-state index >= 15 is 0 Å². The fraction of sp³-hybridized carbons (Fsp3) is 0.312. The van der Waals surface area contributed by atoms with Gasteiger partial charge in [0.1, 0.15) is 17.3 Å². The number of hydrogen-bond donors (Lipinski definition) is 2. The number of hydrogen-bond acceptors (Lipinski definition) is 4. The fourth-order valence-corrected chi connectivity index (χ4v) is 6.49. The van der Waals surface area contributed by atoms with Crippen LogP contribution in [0.25, 0.3) is 32.8 Å². The predicted octanol–water partition coefficient (Wildman–Crippen LogP) is 6.75. The van der Waals surface area contributed by atoms with Crippen LogP contribution in [-0.4, -0.2) is 38.6 Å². The summed E-state index contributed by atoms with van der Waals surface area (Å²) in [6.07, 6.45) is 2.66. The molecule has 212 valence electrons. The van der Waals surface area contributed by atoms with Crippen LogP contribution < -0.4 is 10.1 Å². The van der Waals surface area contributed by atoms with Gasteiger partial charge in [0, 0.05) is 47.7 Å². The quantitative estimate of drug-likeness (QED) is 0.210. The summed E-state index contributed by atoms with van der Waals surface area (Å²) in [6, 6.07) is 14.0. The zero-order valence-electron chi connectivity index (χ0n) is 23.1. The van der Waals surface area contributed by atoms with Crippen molar-refractivity contribution in [2.45, 2.75) is 45.7 Å². The molecule has 0 atom stereocenters. The molecule has 0 aliphatic carbocycles. The van der Waals surface area contributed by atoms with Crippen molar-refractivity contribution < 1.29 is 19.0 Å². The lowest BCUT2D eigenvalue weighted by Crippen LogP contribution is -2.20. The second kappa shape index (κ2) is 11.2. The zero-order chi connectivity index (χ0) is 28.7. The number of carboxylic acids is 1. The van der Waals surface area contributed by atoms with Gasteiger partial charge in [-0.05, 0) is 73.5 Å². The minimum absolute atomic E-state index is 0.290. The van der Waals surface area contributed by atoms with Crippen molar-refractivity contribution in [3.05, 3.63) is 82.0 Å². The molecule has 3 aromatic carbocycles. The standard InChI is InChI=1S/C32H32ClFN4O3/c1-3-26-29-25(36-37(26)2)18-35-14-6-15-38-30-23(12-13-24(33)28(29)30)22(31(38)32(39)40)8-5-16-41-27-9-4-7-19-17-20(34)10-11-21(19)27/h4,7,9-13,17,35H,3,5-6,8,14-16,18H2,1-2H3,(H,39,40). The maximum absolute atomic E-state index is 13.7. The highest BCUT2D eigenvalue weighted by atomic mass is 35.5. The van der Waals surface area contributed by atoms with Crippen molar-refractivity contribution in [1.82, 2.24) is 19.7 Å². The molecule has 41 heavy (non-hydrogen) atoms. The van der Waals surface area contributed by atoms with Crippen molar-refractivity contribution in [3.8, 4) is 16.9 Å². The van der Waals surface area contributed by atoms with Crippen molar-refractivity contribution in [1.29, 1.82) is 0 Å². The normalized spacial score (nSPS) is 13.5. The first kappa shape index (κ1) is 27.3. The highest BCUT2D eigenvalue weighted by Gasteiger charge is 2.29. The number of benzene rings is 3. The molecule has 0 amide bonds. The first-order chi connectivity index (χ1) is 19.9. The number of nitrogens with zero attached hydrogens (tertiary/aromatic N) is 3. The van der Waals surface area contributed by atoms with Crippen LogP contribution in [0, 0.1) is 5.82 Å². The largest absolute Gasteiger partial charge is 0.493 e. The van der Waals surface area contributed by atoms with Crippen LogP contribution in [0.1, 0.15) is 47.2 Å². The number of rotatable bonds is 7. The Labute approximate surface area is 242 Å². The Morgan fingerprint density at radius 3 is 2.80 bits per heavy atom. The van der Waals surface area contributed by atoms with Gasteiger partial charge < -0.3 is 19.7 Å². The van der Waals surface area contributed by atoms with Gasteiger partial charge in [-0.25, -0.2) is 9.18 Å². The van der Waals surface area contributed by atoms with E-state index in [-0.39, 0.29) is 5.82 Å². The third kappa shape index (κ3) is 4.85. The Kier molecular flexibility index (Phi) is 7.45. The van der Waals surface area contributed by atoms with Gasteiger partial charge in [-0.3, -0.25) is 4.68 Å². The molecule has 0 saturated carbocycles. The molecule has 2 aromatic heterocycles. The SMILES string of the molecule is CCc1c2c(nn1C)CNCCCn1c(C(=O)O)c(CCCOc3cccc4cc(F)ccc34)c3ccc(Cl)c-2c31. The molecular weight excluding hydrogens is 543 g/mol. The second-order valence-electron chi connectivity index (χ2n) is 10.5. The number of ether oxygens (including phenoxy) is 1. The first-order valence-electron chi connectivity index (χ1n) is 14.0. The maximum atomic E-state index is 13.7. The van der Waals surface area contributed by atoms with Crippen LogP contribution >= 0.6 is 11.6 Å². The summed E-state index contributed by atoms with van der Waals surface area (Å²) in [6.45, 7) is 4.40. The van der Waals surface area contributed by atoms with Gasteiger partial charge in [0.25, 0.3) is 0 Å². The minimum atomic E-state index is -0.956. The molecule has 0 spiro atoms. The molecule has 0 unspecified atom stereocenters. The third-order valence-corrected chi connectivity index (χ3v) is 8.28. The number of aromatic carboxylic acids is 1. The first-order valence-corrected chi connectivity index (χ1v) is 14.4. The topological polar surface area (TPSA) is 81.3 Å². The Balaban J connectivity index is 1.41. The van der Waals surface area contributed by atoms with Gasteiger partial charge >= 0.3 is 5.97 Å². The van der Waals surface area contributed by atoms with Gasteiger partial charge in [-0.2, -0.15) is 5.10 Å². The van der Waals surface area contributed by atoms with Crippen molar-refractivity contribution in [3.63, 3.8) is 0 Å². The highest BCUT2D eigenvalue weighted by Crippen LogP contribution is 2.43. The van der Waals surface area contributed by atoms with Crippen molar-refractivity contribution in [2.24, 2.45) is 7.05 Å². The second-order valence-corrected chi connectivity index (χ2v) is 10.9. The van der Waals surface area contributed by atoms with Crippen molar-refractivity contribution in [2.75, 3.05) is 13.2 Å². The molecule has 0 fully saturated rings. The number of carbonyl (C=O) groups is 1. The molecule has 2 N–H and O–H groups in total. The van der Waals surface area contributed by atoms with E-state index in [0.29, 0.717) is 49.0 Å². The maximum Gasteiger partial charge on any atom is 0.352 e. The molecule has 0 radical (unpaired) electrons. The van der Waals surface area contributed by atoms with Gasteiger partial charge in [0.2, 0.25) is 0 Å². The average Bonchev–Trinajstić information content (AvgIpc) is 3.44. The van der Waals surface area contributed by atoms with Crippen LogP contribution in [0.5, 0.6) is 5.75 Å². The summed E-state index contributed by atoms with van der Waals surface area (Å²) in [5.41, 5.74) is 5.74. The molecular formula is C32H32ClFN4O3. The lowest BCUT2D eigenvalue weighted by Gasteiger charge is -2.17. The van der Waals surface area contributed by atoms with E-state index < -0.39 is 5.97 Å². The fourth-order valence-electron chi connectivity index (χ4n) is 6.24. The number of halogens is 2. The van der Waals surface area contributed by atoms with E-state index in [0.717, 1.165) is 69.1 Å². The molecule has 1 aliphatic heterocycles. The Hall–Kier alpha value is -3.88. The minimum Gasteiger partial charge on any atom is -0.493 e. The van der Waals surface area contributed by atoms with Crippen LogP contribution in [0.2, 0.25) is 5.02 Å². The van der Waals surface area contributed by atoms with Crippen molar-refractivity contribution >= 4 is 39.2 Å². The van der Waals surface area contributed by atoms with E-state index in [4.69, 9.17) is 21.4 Å². The zero-order valence-corrected chi connectivity index (χ0v) is 23.9.